The van der Waals surface area contributed by atoms with E-state index < -0.39 is 0 Å². The molecule has 1 heterocycles. The zero-order chi connectivity index (χ0) is 50.2. The summed E-state index contributed by atoms with van der Waals surface area (Å²) >= 11 is 0. The predicted molar refractivity (Wildman–Crippen MR) is 308 cm³/mol. The average Bonchev–Trinajstić information content (AvgIpc) is 3.67. The topological polar surface area (TPSA) is 8.17 Å². The molecule has 1 atom stereocenters. The number of hydrogen-bond acceptors (Lipinski definition) is 1. The Morgan fingerprint density at radius 1 is 0.451 bits per heavy atom. The van der Waals surface area contributed by atoms with Gasteiger partial charge in [-0.05, 0) is 143 Å². The van der Waals surface area contributed by atoms with Crippen LogP contribution in [0.4, 0.5) is 17.1 Å². The molecule has 1 aliphatic carbocycles. The molecule has 0 N–H and O–H groups in total. The monoisotopic (exact) mass is 929 g/mol. The Hall–Kier alpha value is -6.90. The second kappa shape index (κ2) is 17.7. The molecular weight excluding hydrogens is 857 g/mol. The summed E-state index contributed by atoms with van der Waals surface area (Å²) in [4.78, 5) is 2.54. The van der Waals surface area contributed by atoms with Crippen molar-refractivity contribution in [2.24, 2.45) is 5.92 Å². The first-order valence-electron chi connectivity index (χ1n) is 25.9. The van der Waals surface area contributed by atoms with Crippen molar-refractivity contribution in [1.29, 1.82) is 0 Å². The fourth-order valence-electron chi connectivity index (χ4n) is 10.8. The van der Waals surface area contributed by atoms with Gasteiger partial charge in [0.05, 0.1) is 16.6 Å². The van der Waals surface area contributed by atoms with Gasteiger partial charge in [-0.25, -0.2) is 0 Å². The van der Waals surface area contributed by atoms with Crippen LogP contribution in [-0.4, -0.2) is 4.57 Å². The van der Waals surface area contributed by atoms with Crippen LogP contribution in [0, 0.1) is 5.92 Å². The summed E-state index contributed by atoms with van der Waals surface area (Å²) in [5, 5.41) is 6.44. The Balaban J connectivity index is 1.22. The normalized spacial score (nSPS) is 14.4. The largest absolute Gasteiger partial charge is 0.310 e. The third kappa shape index (κ3) is 8.96. The van der Waals surface area contributed by atoms with Crippen molar-refractivity contribution in [1.82, 2.24) is 4.57 Å². The average molecular weight is 929 g/mol. The maximum Gasteiger partial charge on any atom is 0.0541 e. The SMILES string of the molecule is CC1CC=c2c(c3ccccc3n2-c2ccccc2)=C1c1ccc(N(c2cc(C(C)(C)C)cc(C(C)(C)C)c2)c2ccccc2-c2cccc3cccc(-c4cc(C(C)(C)C)cc(C(C)(C)C)c4)c23)cc1. The molecule has 0 saturated carbocycles. The Morgan fingerprint density at radius 3 is 1.58 bits per heavy atom. The molecule has 2 heteroatoms. The van der Waals surface area contributed by atoms with Crippen molar-refractivity contribution in [2.45, 2.75) is 118 Å². The van der Waals surface area contributed by atoms with Crippen LogP contribution in [-0.2, 0) is 21.7 Å². The highest BCUT2D eigenvalue weighted by molar-refractivity contribution is 6.09. The Morgan fingerprint density at radius 2 is 0.972 bits per heavy atom. The van der Waals surface area contributed by atoms with Gasteiger partial charge in [0.15, 0.2) is 0 Å². The van der Waals surface area contributed by atoms with Crippen molar-refractivity contribution >= 4 is 50.4 Å². The van der Waals surface area contributed by atoms with Crippen molar-refractivity contribution in [3.63, 3.8) is 0 Å². The fraction of sp³-hybridized carbons (Fsp3) is 0.275. The van der Waals surface area contributed by atoms with E-state index in [0.29, 0.717) is 5.92 Å². The summed E-state index contributed by atoms with van der Waals surface area (Å²) in [6.07, 6.45) is 3.44. The number of benzene rings is 8. The highest BCUT2D eigenvalue weighted by Gasteiger charge is 2.28. The van der Waals surface area contributed by atoms with Crippen LogP contribution >= 0.6 is 0 Å². The third-order valence-electron chi connectivity index (χ3n) is 15.0. The lowest BCUT2D eigenvalue weighted by Gasteiger charge is -2.32. The van der Waals surface area contributed by atoms with Crippen LogP contribution < -0.4 is 15.5 Å². The molecule has 358 valence electrons. The molecule has 10 rings (SSSR count). The number of nitrogens with zero attached hydrogens (tertiary/aromatic N) is 2. The molecular formula is C69H72N2. The molecule has 71 heavy (non-hydrogen) atoms. The lowest BCUT2D eigenvalue weighted by Crippen LogP contribution is -2.35. The summed E-state index contributed by atoms with van der Waals surface area (Å²) in [7, 11) is 0. The standard InChI is InChI=1S/C69H72N2/c1-45-33-38-62-65(59-28-18-20-32-61(59)71(62)53-25-15-14-16-26-53)63(45)47-34-36-54(37-35-47)70(55-43-51(68(8,9)10)42-52(44-55)69(11,12)13)60-31-19-17-27-57(60)58-30-22-24-46-23-21-29-56(64(46)58)48-39-49(66(2,3)4)41-50(40-48)67(5,6)7/h14-32,34-45H,33H2,1-13H3. The second-order valence-electron chi connectivity index (χ2n) is 24.4. The molecule has 1 aromatic heterocycles. The first kappa shape index (κ1) is 47.8. The number of hydrogen-bond donors (Lipinski definition) is 0. The second-order valence-corrected chi connectivity index (χ2v) is 24.4. The van der Waals surface area contributed by atoms with Crippen molar-refractivity contribution in [2.75, 3.05) is 4.90 Å². The van der Waals surface area contributed by atoms with E-state index in [-0.39, 0.29) is 21.7 Å². The quantitative estimate of drug-likeness (QED) is 0.155. The Labute approximate surface area is 424 Å². The first-order chi connectivity index (χ1) is 33.7. The van der Waals surface area contributed by atoms with E-state index in [1.807, 2.05) is 0 Å². The van der Waals surface area contributed by atoms with Gasteiger partial charge in [0.25, 0.3) is 0 Å². The van der Waals surface area contributed by atoms with Crippen LogP contribution in [0.3, 0.4) is 0 Å². The van der Waals surface area contributed by atoms with Crippen LogP contribution in [0.1, 0.15) is 124 Å². The molecule has 0 fully saturated rings. The smallest absolute Gasteiger partial charge is 0.0541 e. The predicted octanol–water partition coefficient (Wildman–Crippen LogP) is 17.8. The van der Waals surface area contributed by atoms with E-state index >= 15 is 0 Å². The first-order valence-corrected chi connectivity index (χ1v) is 25.9. The van der Waals surface area contributed by atoms with Crippen molar-refractivity contribution < 1.29 is 0 Å². The van der Waals surface area contributed by atoms with Gasteiger partial charge >= 0.3 is 0 Å². The van der Waals surface area contributed by atoms with Gasteiger partial charge in [0, 0.05) is 33.2 Å². The minimum absolute atomic E-state index is 0.00508. The zero-order valence-electron chi connectivity index (χ0n) is 44.5. The van der Waals surface area contributed by atoms with E-state index in [4.69, 9.17) is 0 Å². The van der Waals surface area contributed by atoms with Crippen molar-refractivity contribution in [3.05, 3.63) is 214 Å². The van der Waals surface area contributed by atoms with Gasteiger partial charge in [-0.1, -0.05) is 223 Å². The summed E-state index contributed by atoms with van der Waals surface area (Å²) in [5.41, 5.74) is 18.7. The molecule has 9 aromatic rings. The summed E-state index contributed by atoms with van der Waals surface area (Å²) in [6, 6.07) is 66.8. The molecule has 1 aliphatic rings. The molecule has 8 aromatic carbocycles. The van der Waals surface area contributed by atoms with Gasteiger partial charge < -0.3 is 9.47 Å². The van der Waals surface area contributed by atoms with Gasteiger partial charge in [-0.2, -0.15) is 0 Å². The Bertz CT molecular complexity index is 3520. The third-order valence-corrected chi connectivity index (χ3v) is 15.0. The maximum absolute atomic E-state index is 2.54. The number of anilines is 3. The summed E-state index contributed by atoms with van der Waals surface area (Å²) < 4.78 is 2.46. The highest BCUT2D eigenvalue weighted by Crippen LogP contribution is 2.47. The van der Waals surface area contributed by atoms with E-state index in [1.54, 1.807) is 0 Å². The lowest BCUT2D eigenvalue weighted by atomic mass is 9.78. The number of aromatic nitrogens is 1. The van der Waals surface area contributed by atoms with Gasteiger partial charge in [-0.15, -0.1) is 0 Å². The van der Waals surface area contributed by atoms with Gasteiger partial charge in [-0.3, -0.25) is 0 Å². The van der Waals surface area contributed by atoms with E-state index in [0.717, 1.165) is 23.5 Å². The summed E-state index contributed by atoms with van der Waals surface area (Å²) in [5.74, 6) is 0.349. The molecule has 0 spiro atoms. The molecule has 2 nitrogen and oxygen atoms in total. The molecule has 0 saturated heterocycles. The summed E-state index contributed by atoms with van der Waals surface area (Å²) in [6.45, 7) is 30.4. The van der Waals surface area contributed by atoms with E-state index in [1.165, 1.54) is 93.6 Å². The zero-order valence-corrected chi connectivity index (χ0v) is 44.5. The Kier molecular flexibility index (Phi) is 11.9. The van der Waals surface area contributed by atoms with Crippen LogP contribution in [0.5, 0.6) is 0 Å². The molecule has 0 aliphatic heterocycles. The van der Waals surface area contributed by atoms with Crippen LogP contribution in [0.25, 0.3) is 61.3 Å². The number of rotatable bonds is 7. The number of fused-ring (bicyclic) bond motifs is 4. The van der Waals surface area contributed by atoms with Crippen molar-refractivity contribution in [3.8, 4) is 27.9 Å². The molecule has 0 bridgehead atoms. The van der Waals surface area contributed by atoms with Gasteiger partial charge in [0.2, 0.25) is 0 Å². The van der Waals surface area contributed by atoms with Crippen LogP contribution in [0.2, 0.25) is 0 Å². The lowest BCUT2D eigenvalue weighted by molar-refractivity contribution is 0.568. The van der Waals surface area contributed by atoms with E-state index in [9.17, 15) is 0 Å². The minimum atomic E-state index is -0.0650. The molecule has 0 amide bonds. The van der Waals surface area contributed by atoms with Crippen LogP contribution in [0.15, 0.2) is 176 Å². The highest BCUT2D eigenvalue weighted by atomic mass is 15.1. The van der Waals surface area contributed by atoms with Gasteiger partial charge in [0.1, 0.15) is 0 Å². The minimum Gasteiger partial charge on any atom is -0.310 e. The van der Waals surface area contributed by atoms with E-state index in [2.05, 4.69) is 281 Å². The maximum atomic E-state index is 2.54. The number of para-hydroxylation sites is 3. The fourth-order valence-corrected chi connectivity index (χ4v) is 10.8. The molecule has 0 radical (unpaired) electrons. The molecule has 1 unspecified atom stereocenters.